The van der Waals surface area contributed by atoms with Crippen molar-refractivity contribution < 1.29 is 0 Å². The Kier molecular flexibility index (Phi) is 5.85. The fourth-order valence-electron chi connectivity index (χ4n) is 2.86. The average molecular weight is 368 g/mol. The molecule has 0 unspecified atom stereocenters. The van der Waals surface area contributed by atoms with Crippen LogP contribution in [-0.4, -0.2) is 48.9 Å². The summed E-state index contributed by atoms with van der Waals surface area (Å²) in [5, 5.41) is 0.803. The van der Waals surface area contributed by atoms with Crippen LogP contribution in [0.3, 0.4) is 0 Å². The number of nitrogens with zero attached hydrogens (tertiary/aromatic N) is 3. The number of hydrogen-bond acceptors (Lipinski definition) is 5. The molecule has 0 bridgehead atoms. The molecule has 1 fully saturated rings. The predicted molar refractivity (Wildman–Crippen MR) is 102 cm³/mol. The SMILES string of the molecule is CSc1nc(C)c(CCN2CCN(c3ccc(Cl)cc3)CC2)s1. The van der Waals surface area contributed by atoms with E-state index in [-0.39, 0.29) is 0 Å². The number of thiazole rings is 1. The van der Waals surface area contributed by atoms with Crippen LogP contribution in [0, 0.1) is 6.92 Å². The first-order valence-corrected chi connectivity index (χ1v) is 10.3. The van der Waals surface area contributed by atoms with Crippen LogP contribution in [-0.2, 0) is 6.42 Å². The highest BCUT2D eigenvalue weighted by atomic mass is 35.5. The van der Waals surface area contributed by atoms with E-state index < -0.39 is 0 Å². The number of piperazine rings is 1. The van der Waals surface area contributed by atoms with Gasteiger partial charge in [-0.3, -0.25) is 4.90 Å². The van der Waals surface area contributed by atoms with Crippen molar-refractivity contribution >= 4 is 40.4 Å². The maximum Gasteiger partial charge on any atom is 0.150 e. The Morgan fingerprint density at radius 1 is 1.17 bits per heavy atom. The summed E-state index contributed by atoms with van der Waals surface area (Å²) in [6, 6.07) is 8.17. The van der Waals surface area contributed by atoms with Gasteiger partial charge in [-0.2, -0.15) is 0 Å². The number of thioether (sulfide) groups is 1. The van der Waals surface area contributed by atoms with Gasteiger partial charge in [-0.05, 0) is 43.9 Å². The lowest BCUT2D eigenvalue weighted by molar-refractivity contribution is 0.261. The molecule has 23 heavy (non-hydrogen) atoms. The van der Waals surface area contributed by atoms with Gasteiger partial charge in [0, 0.05) is 48.3 Å². The molecule has 1 saturated heterocycles. The Hall–Kier alpha value is -0.750. The molecule has 124 valence electrons. The second-order valence-electron chi connectivity index (χ2n) is 5.75. The average Bonchev–Trinajstić information content (AvgIpc) is 2.94. The van der Waals surface area contributed by atoms with E-state index in [4.69, 9.17) is 11.6 Å². The van der Waals surface area contributed by atoms with Crippen LogP contribution in [0.25, 0.3) is 0 Å². The van der Waals surface area contributed by atoms with Crippen molar-refractivity contribution in [3.05, 3.63) is 39.9 Å². The largest absolute Gasteiger partial charge is 0.369 e. The molecular formula is C17H22ClN3S2. The van der Waals surface area contributed by atoms with E-state index in [2.05, 4.69) is 40.1 Å². The molecule has 1 aromatic carbocycles. The maximum absolute atomic E-state index is 5.97. The van der Waals surface area contributed by atoms with E-state index in [1.807, 2.05) is 23.5 Å². The molecule has 0 saturated carbocycles. The topological polar surface area (TPSA) is 19.4 Å². The zero-order chi connectivity index (χ0) is 16.2. The first kappa shape index (κ1) is 17.1. The Bertz CT molecular complexity index is 634. The number of aryl methyl sites for hydroxylation is 1. The van der Waals surface area contributed by atoms with Gasteiger partial charge in [0.2, 0.25) is 0 Å². The van der Waals surface area contributed by atoms with Crippen molar-refractivity contribution in [2.24, 2.45) is 0 Å². The molecule has 1 aliphatic heterocycles. The highest BCUT2D eigenvalue weighted by Crippen LogP contribution is 2.26. The summed E-state index contributed by atoms with van der Waals surface area (Å²) in [5.74, 6) is 0. The summed E-state index contributed by atoms with van der Waals surface area (Å²) < 4.78 is 1.19. The van der Waals surface area contributed by atoms with Gasteiger partial charge in [-0.15, -0.1) is 11.3 Å². The van der Waals surface area contributed by atoms with E-state index in [1.165, 1.54) is 20.6 Å². The molecule has 0 atom stereocenters. The van der Waals surface area contributed by atoms with Gasteiger partial charge in [0.25, 0.3) is 0 Å². The summed E-state index contributed by atoms with van der Waals surface area (Å²) in [4.78, 5) is 11.0. The van der Waals surface area contributed by atoms with Crippen LogP contribution in [0.1, 0.15) is 10.6 Å². The smallest absolute Gasteiger partial charge is 0.150 e. The summed E-state index contributed by atoms with van der Waals surface area (Å²) in [6.07, 6.45) is 3.21. The quantitative estimate of drug-likeness (QED) is 0.737. The van der Waals surface area contributed by atoms with Crippen molar-refractivity contribution in [2.45, 2.75) is 17.7 Å². The maximum atomic E-state index is 5.97. The molecule has 6 heteroatoms. The molecule has 0 spiro atoms. The number of hydrogen-bond donors (Lipinski definition) is 0. The second-order valence-corrected chi connectivity index (χ2v) is 8.32. The summed E-state index contributed by atoms with van der Waals surface area (Å²) in [5.41, 5.74) is 2.48. The van der Waals surface area contributed by atoms with E-state index >= 15 is 0 Å². The Labute approximate surface area is 151 Å². The fourth-order valence-corrected chi connectivity index (χ4v) is 4.63. The van der Waals surface area contributed by atoms with Crippen molar-refractivity contribution in [1.29, 1.82) is 0 Å². The van der Waals surface area contributed by atoms with Gasteiger partial charge < -0.3 is 4.90 Å². The standard InChI is InChI=1S/C17H22ClN3S2/c1-13-16(23-17(19-13)22-2)7-8-20-9-11-21(12-10-20)15-5-3-14(18)4-6-15/h3-6H,7-12H2,1-2H3. The number of halogens is 1. The van der Waals surface area contributed by atoms with Gasteiger partial charge in [0.1, 0.15) is 4.34 Å². The molecule has 0 N–H and O–H groups in total. The number of aromatic nitrogens is 1. The van der Waals surface area contributed by atoms with Crippen molar-refractivity contribution in [2.75, 3.05) is 43.9 Å². The molecule has 2 heterocycles. The van der Waals surface area contributed by atoms with Gasteiger partial charge in [-0.1, -0.05) is 23.4 Å². The van der Waals surface area contributed by atoms with Crippen LogP contribution in [0.4, 0.5) is 5.69 Å². The van der Waals surface area contributed by atoms with Gasteiger partial charge >= 0.3 is 0 Å². The minimum atomic E-state index is 0.803. The fraction of sp³-hybridized carbons (Fsp3) is 0.471. The Balaban J connectivity index is 1.49. The van der Waals surface area contributed by atoms with Crippen molar-refractivity contribution in [1.82, 2.24) is 9.88 Å². The lowest BCUT2D eigenvalue weighted by Crippen LogP contribution is -2.46. The third kappa shape index (κ3) is 4.41. The third-order valence-corrected chi connectivity index (χ3v) is 6.72. The summed E-state index contributed by atoms with van der Waals surface area (Å²) >= 11 is 9.56. The van der Waals surface area contributed by atoms with E-state index in [0.29, 0.717) is 0 Å². The molecule has 0 amide bonds. The lowest BCUT2D eigenvalue weighted by Gasteiger charge is -2.36. The first-order valence-electron chi connectivity index (χ1n) is 7.89. The number of benzene rings is 1. The van der Waals surface area contributed by atoms with Crippen molar-refractivity contribution in [3.63, 3.8) is 0 Å². The van der Waals surface area contributed by atoms with E-state index in [9.17, 15) is 0 Å². The van der Waals surface area contributed by atoms with Crippen molar-refractivity contribution in [3.8, 4) is 0 Å². The zero-order valence-corrected chi connectivity index (χ0v) is 16.0. The number of anilines is 1. The van der Waals surface area contributed by atoms with Gasteiger partial charge in [-0.25, -0.2) is 4.98 Å². The van der Waals surface area contributed by atoms with Crippen LogP contribution in [0.15, 0.2) is 28.6 Å². The minimum Gasteiger partial charge on any atom is -0.369 e. The second kappa shape index (κ2) is 7.88. The van der Waals surface area contributed by atoms with Crippen LogP contribution < -0.4 is 4.90 Å². The normalized spacial score (nSPS) is 16.0. The molecule has 0 radical (unpaired) electrons. The molecule has 1 aliphatic rings. The number of rotatable bonds is 5. The Morgan fingerprint density at radius 2 is 1.87 bits per heavy atom. The summed E-state index contributed by atoms with van der Waals surface area (Å²) in [7, 11) is 0. The Morgan fingerprint density at radius 3 is 2.48 bits per heavy atom. The summed E-state index contributed by atoms with van der Waals surface area (Å²) in [6.45, 7) is 7.67. The molecule has 1 aromatic heterocycles. The van der Waals surface area contributed by atoms with E-state index in [1.54, 1.807) is 11.8 Å². The van der Waals surface area contributed by atoms with Crippen LogP contribution in [0.2, 0.25) is 5.02 Å². The molecular weight excluding hydrogens is 346 g/mol. The molecule has 2 aromatic rings. The highest BCUT2D eigenvalue weighted by molar-refractivity contribution is 8.00. The van der Waals surface area contributed by atoms with Crippen LogP contribution >= 0.6 is 34.7 Å². The predicted octanol–water partition coefficient (Wildman–Crippen LogP) is 4.19. The minimum absolute atomic E-state index is 0.803. The van der Waals surface area contributed by atoms with Gasteiger partial charge in [0.05, 0.1) is 5.69 Å². The first-order chi connectivity index (χ1) is 11.2. The molecule has 0 aliphatic carbocycles. The van der Waals surface area contributed by atoms with E-state index in [0.717, 1.165) is 44.2 Å². The molecule has 3 rings (SSSR count). The monoisotopic (exact) mass is 367 g/mol. The lowest BCUT2D eigenvalue weighted by atomic mass is 10.2. The zero-order valence-electron chi connectivity index (χ0n) is 13.6. The highest BCUT2D eigenvalue weighted by Gasteiger charge is 2.17. The molecule has 3 nitrogen and oxygen atoms in total. The van der Waals surface area contributed by atoms with Gasteiger partial charge in [0.15, 0.2) is 0 Å². The van der Waals surface area contributed by atoms with Crippen LogP contribution in [0.5, 0.6) is 0 Å². The third-order valence-electron chi connectivity index (χ3n) is 4.27.